The van der Waals surface area contributed by atoms with Crippen molar-refractivity contribution in [3.05, 3.63) is 47.0 Å². The molecule has 0 N–H and O–H groups in total. The Kier molecular flexibility index (Phi) is 4.49. The predicted molar refractivity (Wildman–Crippen MR) is 79.1 cm³/mol. The highest BCUT2D eigenvalue weighted by molar-refractivity contribution is 8.03. The highest BCUT2D eigenvalue weighted by Gasteiger charge is 2.20. The van der Waals surface area contributed by atoms with Crippen LogP contribution in [0, 0.1) is 11.3 Å². The van der Waals surface area contributed by atoms with Crippen molar-refractivity contribution in [3.63, 3.8) is 0 Å². The maximum atomic E-state index is 11.5. The van der Waals surface area contributed by atoms with Gasteiger partial charge in [-0.15, -0.1) is 0 Å². The molecule has 5 heteroatoms. The van der Waals surface area contributed by atoms with Gasteiger partial charge in [0.05, 0.1) is 17.3 Å². The van der Waals surface area contributed by atoms with E-state index in [9.17, 15) is 4.79 Å². The monoisotopic (exact) mass is 286 g/mol. The third-order valence-corrected chi connectivity index (χ3v) is 3.96. The molecule has 20 heavy (non-hydrogen) atoms. The number of carbonyl (C=O) groups is 1. The lowest BCUT2D eigenvalue weighted by Gasteiger charge is -2.12. The number of para-hydroxylation sites is 1. The normalized spacial score (nSPS) is 15.9. The number of nitrogens with zero attached hydrogens (tertiary/aromatic N) is 2. The van der Waals surface area contributed by atoms with Crippen molar-refractivity contribution in [2.45, 2.75) is 11.8 Å². The Bertz CT molecular complexity index is 629. The molecule has 102 valence electrons. The van der Waals surface area contributed by atoms with Gasteiger partial charge in [-0.25, -0.2) is 4.79 Å². The third kappa shape index (κ3) is 2.86. The molecule has 0 unspecified atom stereocenters. The molecule has 0 amide bonds. The minimum Gasteiger partial charge on any atom is -0.462 e. The number of ether oxygens (including phenoxy) is 1. The van der Waals surface area contributed by atoms with E-state index >= 15 is 0 Å². The van der Waals surface area contributed by atoms with Crippen LogP contribution in [-0.4, -0.2) is 19.6 Å². The molecule has 1 aromatic rings. The van der Waals surface area contributed by atoms with Crippen LogP contribution < -0.4 is 4.90 Å². The summed E-state index contributed by atoms with van der Waals surface area (Å²) in [6.45, 7) is 1.97. The molecule has 1 aliphatic rings. The van der Waals surface area contributed by atoms with Crippen LogP contribution in [0.5, 0.6) is 0 Å². The molecule has 1 heterocycles. The highest BCUT2D eigenvalue weighted by atomic mass is 32.2. The van der Waals surface area contributed by atoms with Gasteiger partial charge in [0, 0.05) is 11.9 Å². The summed E-state index contributed by atoms with van der Waals surface area (Å²) in [4.78, 5) is 14.7. The summed E-state index contributed by atoms with van der Waals surface area (Å²) in [5.74, 6) is -0.588. The van der Waals surface area contributed by atoms with Crippen molar-refractivity contribution < 1.29 is 9.53 Å². The topological polar surface area (TPSA) is 53.3 Å². The quantitative estimate of drug-likeness (QED) is 0.485. The summed E-state index contributed by atoms with van der Waals surface area (Å²) < 4.78 is 4.82. The van der Waals surface area contributed by atoms with Crippen molar-refractivity contribution in [2.24, 2.45) is 0 Å². The van der Waals surface area contributed by atoms with Gasteiger partial charge in [0.1, 0.15) is 11.6 Å². The summed E-state index contributed by atoms with van der Waals surface area (Å²) >= 11 is 1.60. The fourth-order valence-electron chi connectivity index (χ4n) is 1.78. The lowest BCUT2D eigenvalue weighted by atomic mass is 10.2. The lowest BCUT2D eigenvalue weighted by molar-refractivity contribution is -0.138. The Morgan fingerprint density at radius 3 is 2.90 bits per heavy atom. The van der Waals surface area contributed by atoms with Gasteiger partial charge >= 0.3 is 5.97 Å². The van der Waals surface area contributed by atoms with E-state index < -0.39 is 5.97 Å². The second-order valence-electron chi connectivity index (χ2n) is 4.05. The Balaban J connectivity index is 2.22. The van der Waals surface area contributed by atoms with E-state index in [1.54, 1.807) is 24.8 Å². The van der Waals surface area contributed by atoms with Gasteiger partial charge in [0.2, 0.25) is 0 Å². The Morgan fingerprint density at radius 1 is 1.50 bits per heavy atom. The van der Waals surface area contributed by atoms with E-state index in [0.29, 0.717) is 0 Å². The first-order valence-electron chi connectivity index (χ1n) is 6.17. The average molecular weight is 286 g/mol. The average Bonchev–Trinajstić information content (AvgIpc) is 2.77. The van der Waals surface area contributed by atoms with Crippen LogP contribution in [0.3, 0.4) is 0 Å². The summed E-state index contributed by atoms with van der Waals surface area (Å²) in [6, 6.07) is 9.90. The number of carbonyl (C=O) groups excluding carboxylic acids is 1. The molecule has 0 bridgehead atoms. The van der Waals surface area contributed by atoms with Gasteiger partial charge in [0.25, 0.3) is 0 Å². The van der Waals surface area contributed by atoms with Crippen molar-refractivity contribution >= 4 is 23.4 Å². The smallest absolute Gasteiger partial charge is 0.348 e. The van der Waals surface area contributed by atoms with Crippen LogP contribution >= 0.6 is 11.8 Å². The van der Waals surface area contributed by atoms with Crippen LogP contribution in [0.4, 0.5) is 5.69 Å². The molecule has 0 saturated carbocycles. The summed E-state index contributed by atoms with van der Waals surface area (Å²) in [5.41, 5.74) is 1.12. The van der Waals surface area contributed by atoms with Crippen LogP contribution in [0.15, 0.2) is 51.9 Å². The highest BCUT2D eigenvalue weighted by Crippen LogP contribution is 2.44. The number of hydrogen-bond donors (Lipinski definition) is 0. The molecule has 0 spiro atoms. The van der Waals surface area contributed by atoms with E-state index in [1.165, 1.54) is 6.08 Å². The van der Waals surface area contributed by atoms with Crippen molar-refractivity contribution in [1.82, 2.24) is 0 Å². The molecule has 0 atom stereocenters. The molecule has 1 aromatic carbocycles. The first kappa shape index (κ1) is 14.2. The molecule has 0 saturated heterocycles. The number of fused-ring (bicyclic) bond motifs is 1. The molecular formula is C15H14N2O2S. The molecule has 0 fully saturated rings. The number of esters is 1. The van der Waals surface area contributed by atoms with Gasteiger partial charge < -0.3 is 9.64 Å². The van der Waals surface area contributed by atoms with Crippen LogP contribution in [0.1, 0.15) is 6.92 Å². The minimum absolute atomic E-state index is 0.00399. The third-order valence-electron chi connectivity index (χ3n) is 2.78. The first-order valence-corrected chi connectivity index (χ1v) is 6.98. The van der Waals surface area contributed by atoms with Gasteiger partial charge in [-0.05, 0) is 31.2 Å². The molecule has 0 radical (unpaired) electrons. The zero-order valence-corrected chi connectivity index (χ0v) is 12.1. The van der Waals surface area contributed by atoms with Gasteiger partial charge in [-0.1, -0.05) is 23.9 Å². The van der Waals surface area contributed by atoms with Gasteiger partial charge in [0.15, 0.2) is 0 Å². The maximum Gasteiger partial charge on any atom is 0.348 e. The maximum absolute atomic E-state index is 11.5. The van der Waals surface area contributed by atoms with E-state index in [2.05, 4.69) is 0 Å². The molecule has 2 rings (SSSR count). The van der Waals surface area contributed by atoms with Crippen LogP contribution in [-0.2, 0) is 9.53 Å². The Labute approximate surface area is 122 Å². The molecule has 1 aliphatic heterocycles. The summed E-state index contributed by atoms with van der Waals surface area (Å²) in [7, 11) is 1.95. The fraction of sp³-hybridized carbons (Fsp3) is 0.200. The number of thioether (sulfide) groups is 1. The molecular weight excluding hydrogens is 272 g/mol. The van der Waals surface area contributed by atoms with E-state index in [1.807, 2.05) is 42.3 Å². The summed E-state index contributed by atoms with van der Waals surface area (Å²) in [5, 5.41) is 9.93. The van der Waals surface area contributed by atoms with E-state index in [-0.39, 0.29) is 12.2 Å². The second kappa shape index (κ2) is 6.31. The number of allylic oxidation sites excluding steroid dienone is 2. The Hall–Kier alpha value is -2.19. The Morgan fingerprint density at radius 2 is 2.25 bits per heavy atom. The number of rotatable bonds is 3. The van der Waals surface area contributed by atoms with Crippen molar-refractivity contribution in [1.29, 1.82) is 5.26 Å². The number of anilines is 1. The van der Waals surface area contributed by atoms with E-state index in [0.717, 1.165) is 15.6 Å². The predicted octanol–water partition coefficient (Wildman–Crippen LogP) is 3.08. The zero-order chi connectivity index (χ0) is 14.5. The number of nitriles is 1. The fourth-order valence-corrected chi connectivity index (χ4v) is 2.83. The number of hydrogen-bond acceptors (Lipinski definition) is 5. The number of benzene rings is 1. The molecule has 0 aromatic heterocycles. The standard InChI is InChI=1S/C15H14N2O2S/c1-3-19-15(18)11(10-16)8-9-14-17(2)12-6-4-5-7-13(12)20-14/h4-9H,3H2,1-2H3. The molecule has 0 aliphatic carbocycles. The lowest BCUT2D eigenvalue weighted by Crippen LogP contribution is -2.09. The van der Waals surface area contributed by atoms with Gasteiger partial charge in [-0.2, -0.15) is 5.26 Å². The molecule has 4 nitrogen and oxygen atoms in total. The SMILES string of the molecule is CCOC(=O)C(C#N)=CC=C1Sc2ccccc2N1C. The summed E-state index contributed by atoms with van der Waals surface area (Å²) in [6.07, 6.45) is 3.27. The van der Waals surface area contributed by atoms with Gasteiger partial charge in [-0.3, -0.25) is 0 Å². The second-order valence-corrected chi connectivity index (χ2v) is 5.11. The minimum atomic E-state index is -0.588. The van der Waals surface area contributed by atoms with E-state index in [4.69, 9.17) is 10.00 Å². The van der Waals surface area contributed by atoms with Crippen LogP contribution in [0.25, 0.3) is 0 Å². The first-order chi connectivity index (χ1) is 9.67. The van der Waals surface area contributed by atoms with Crippen molar-refractivity contribution in [3.8, 4) is 6.07 Å². The largest absolute Gasteiger partial charge is 0.462 e. The van der Waals surface area contributed by atoms with Crippen molar-refractivity contribution in [2.75, 3.05) is 18.6 Å². The van der Waals surface area contributed by atoms with Crippen LogP contribution in [0.2, 0.25) is 0 Å². The zero-order valence-electron chi connectivity index (χ0n) is 11.3.